The summed E-state index contributed by atoms with van der Waals surface area (Å²) in [4.78, 5) is 15.9. The number of methoxy groups -OCH3 is 1. The second kappa shape index (κ2) is 6.88. The Hall–Kier alpha value is -3.34. The molecule has 0 aliphatic carbocycles. The number of pyridine rings is 1. The highest BCUT2D eigenvalue weighted by Crippen LogP contribution is 2.29. The molecule has 0 radical (unpaired) electrons. The Labute approximate surface area is 152 Å². The summed E-state index contributed by atoms with van der Waals surface area (Å²) in [5.41, 5.74) is 6.13. The Morgan fingerprint density at radius 3 is 2.73 bits per heavy atom. The van der Waals surface area contributed by atoms with Gasteiger partial charge in [0.15, 0.2) is 0 Å². The van der Waals surface area contributed by atoms with Gasteiger partial charge in [0.2, 0.25) is 5.91 Å². The van der Waals surface area contributed by atoms with Crippen LogP contribution in [0.3, 0.4) is 0 Å². The van der Waals surface area contributed by atoms with Gasteiger partial charge in [0.05, 0.1) is 13.5 Å². The average molecular weight is 345 g/mol. The summed E-state index contributed by atoms with van der Waals surface area (Å²) in [6.07, 6.45) is 4.16. The Bertz CT molecular complexity index is 952. The van der Waals surface area contributed by atoms with Crippen LogP contribution in [0.1, 0.15) is 11.1 Å². The molecule has 0 saturated carbocycles. The molecule has 2 heterocycles. The minimum Gasteiger partial charge on any atom is -0.497 e. The number of carbonyl (C=O) groups excluding carboxylic acids is 1. The van der Waals surface area contributed by atoms with Gasteiger partial charge in [-0.1, -0.05) is 12.1 Å². The molecule has 1 aliphatic heterocycles. The van der Waals surface area contributed by atoms with E-state index in [1.165, 1.54) is 0 Å². The van der Waals surface area contributed by atoms with Crippen LogP contribution in [0.4, 0.5) is 11.4 Å². The molecule has 0 atom stereocenters. The molecule has 1 aliphatic rings. The van der Waals surface area contributed by atoms with E-state index in [1.807, 2.05) is 54.9 Å². The van der Waals surface area contributed by atoms with Gasteiger partial charge in [0.25, 0.3) is 0 Å². The molecule has 0 unspecified atom stereocenters. The normalized spacial score (nSPS) is 12.4. The molecule has 26 heavy (non-hydrogen) atoms. The lowest BCUT2D eigenvalue weighted by atomic mass is 10.0. The summed E-state index contributed by atoms with van der Waals surface area (Å²) in [6.45, 7) is 0.675. The first-order chi connectivity index (χ1) is 12.7. The number of nitrogens with zero attached hydrogens (tertiary/aromatic N) is 1. The molecule has 0 saturated heterocycles. The van der Waals surface area contributed by atoms with Gasteiger partial charge in [-0.15, -0.1) is 0 Å². The van der Waals surface area contributed by atoms with Gasteiger partial charge >= 0.3 is 0 Å². The molecular formula is C21H19N3O2. The minimum atomic E-state index is 0.0488. The molecular weight excluding hydrogens is 326 g/mol. The first-order valence-electron chi connectivity index (χ1n) is 8.46. The molecule has 3 aromatic rings. The number of fused-ring (bicyclic) bond motifs is 1. The number of carbonyl (C=O) groups is 1. The van der Waals surface area contributed by atoms with E-state index in [1.54, 1.807) is 7.11 Å². The van der Waals surface area contributed by atoms with Gasteiger partial charge in [0.1, 0.15) is 5.75 Å². The predicted octanol–water partition coefficient (Wildman–Crippen LogP) is 3.86. The second-order valence-electron chi connectivity index (χ2n) is 6.26. The standard InChI is InChI=1S/C21H19N3O2/c1-26-19-6-4-18(5-7-19)23-12-14-8-17(13-22-11-14)15-2-3-16-10-21(25)24-20(16)9-15/h2-9,11,13,23H,10,12H2,1H3,(H,24,25). The van der Waals surface area contributed by atoms with Crippen molar-refractivity contribution in [3.05, 3.63) is 72.1 Å². The van der Waals surface area contributed by atoms with Crippen LogP contribution in [-0.4, -0.2) is 18.0 Å². The van der Waals surface area contributed by atoms with Crippen LogP contribution in [0.5, 0.6) is 5.75 Å². The van der Waals surface area contributed by atoms with E-state index in [0.29, 0.717) is 13.0 Å². The van der Waals surface area contributed by atoms with Crippen molar-refractivity contribution < 1.29 is 9.53 Å². The van der Waals surface area contributed by atoms with Crippen molar-refractivity contribution in [3.63, 3.8) is 0 Å². The summed E-state index contributed by atoms with van der Waals surface area (Å²) in [6, 6.07) is 16.0. The monoisotopic (exact) mass is 345 g/mol. The average Bonchev–Trinajstić information content (AvgIpc) is 3.06. The van der Waals surface area contributed by atoms with Gasteiger partial charge in [-0.2, -0.15) is 0 Å². The quantitative estimate of drug-likeness (QED) is 0.737. The number of nitrogens with one attached hydrogen (secondary N) is 2. The highest BCUT2D eigenvalue weighted by atomic mass is 16.5. The van der Waals surface area contributed by atoms with Crippen molar-refractivity contribution in [1.29, 1.82) is 0 Å². The zero-order valence-electron chi connectivity index (χ0n) is 14.5. The van der Waals surface area contributed by atoms with Crippen LogP contribution in [0.2, 0.25) is 0 Å². The van der Waals surface area contributed by atoms with Crippen molar-refractivity contribution in [3.8, 4) is 16.9 Å². The smallest absolute Gasteiger partial charge is 0.228 e. The number of aromatic nitrogens is 1. The van der Waals surface area contributed by atoms with E-state index in [4.69, 9.17) is 4.74 Å². The second-order valence-corrected chi connectivity index (χ2v) is 6.26. The van der Waals surface area contributed by atoms with Gasteiger partial charge in [-0.25, -0.2) is 0 Å². The maximum atomic E-state index is 11.5. The predicted molar refractivity (Wildman–Crippen MR) is 102 cm³/mol. The van der Waals surface area contributed by atoms with E-state index in [-0.39, 0.29) is 5.91 Å². The number of hydrogen-bond donors (Lipinski definition) is 2. The molecule has 0 spiro atoms. The van der Waals surface area contributed by atoms with Crippen molar-refractivity contribution in [2.45, 2.75) is 13.0 Å². The van der Waals surface area contributed by atoms with E-state index < -0.39 is 0 Å². The van der Waals surface area contributed by atoms with E-state index in [9.17, 15) is 4.79 Å². The third kappa shape index (κ3) is 3.37. The summed E-state index contributed by atoms with van der Waals surface area (Å²) < 4.78 is 5.17. The summed E-state index contributed by atoms with van der Waals surface area (Å²) in [7, 11) is 1.66. The number of benzene rings is 2. The van der Waals surface area contributed by atoms with Crippen LogP contribution >= 0.6 is 0 Å². The fraction of sp³-hybridized carbons (Fsp3) is 0.143. The zero-order chi connectivity index (χ0) is 17.9. The van der Waals surface area contributed by atoms with E-state index in [0.717, 1.165) is 39.4 Å². The highest BCUT2D eigenvalue weighted by Gasteiger charge is 2.17. The number of hydrogen-bond acceptors (Lipinski definition) is 4. The maximum Gasteiger partial charge on any atom is 0.228 e. The first kappa shape index (κ1) is 16.1. The maximum absolute atomic E-state index is 11.5. The molecule has 5 heteroatoms. The van der Waals surface area contributed by atoms with Crippen LogP contribution in [0.15, 0.2) is 60.9 Å². The van der Waals surface area contributed by atoms with Crippen LogP contribution in [-0.2, 0) is 17.8 Å². The summed E-state index contributed by atoms with van der Waals surface area (Å²) in [5, 5.41) is 6.28. The Morgan fingerprint density at radius 1 is 1.08 bits per heavy atom. The summed E-state index contributed by atoms with van der Waals surface area (Å²) in [5.74, 6) is 0.885. The number of ether oxygens (including phenoxy) is 1. The highest BCUT2D eigenvalue weighted by molar-refractivity contribution is 5.99. The molecule has 5 nitrogen and oxygen atoms in total. The topological polar surface area (TPSA) is 63.2 Å². The Balaban J connectivity index is 1.50. The Kier molecular flexibility index (Phi) is 4.27. The minimum absolute atomic E-state index is 0.0488. The molecule has 1 aromatic heterocycles. The molecule has 2 N–H and O–H groups in total. The SMILES string of the molecule is COc1ccc(NCc2cncc(-c3ccc4c(c3)NC(=O)C4)c2)cc1. The van der Waals surface area contributed by atoms with Gasteiger partial charge in [0, 0.05) is 35.9 Å². The number of rotatable bonds is 5. The largest absolute Gasteiger partial charge is 0.497 e. The van der Waals surface area contributed by atoms with Crippen molar-refractivity contribution in [2.75, 3.05) is 17.7 Å². The lowest BCUT2D eigenvalue weighted by Gasteiger charge is -2.09. The summed E-state index contributed by atoms with van der Waals surface area (Å²) >= 11 is 0. The molecule has 4 rings (SSSR count). The number of amides is 1. The lowest BCUT2D eigenvalue weighted by molar-refractivity contribution is -0.115. The van der Waals surface area contributed by atoms with Crippen molar-refractivity contribution >= 4 is 17.3 Å². The zero-order valence-corrected chi connectivity index (χ0v) is 14.5. The van der Waals surface area contributed by atoms with Crippen molar-refractivity contribution in [2.24, 2.45) is 0 Å². The van der Waals surface area contributed by atoms with Gasteiger partial charge in [-0.3, -0.25) is 9.78 Å². The Morgan fingerprint density at radius 2 is 1.92 bits per heavy atom. The molecule has 130 valence electrons. The molecule has 2 aromatic carbocycles. The van der Waals surface area contributed by atoms with E-state index >= 15 is 0 Å². The van der Waals surface area contributed by atoms with Gasteiger partial charge < -0.3 is 15.4 Å². The van der Waals surface area contributed by atoms with E-state index in [2.05, 4.69) is 21.7 Å². The third-order valence-corrected chi connectivity index (χ3v) is 4.45. The first-order valence-corrected chi connectivity index (χ1v) is 8.46. The molecule has 1 amide bonds. The third-order valence-electron chi connectivity index (χ3n) is 4.45. The van der Waals surface area contributed by atoms with Gasteiger partial charge in [-0.05, 0) is 53.1 Å². The molecule has 0 fully saturated rings. The van der Waals surface area contributed by atoms with Crippen LogP contribution in [0.25, 0.3) is 11.1 Å². The fourth-order valence-electron chi connectivity index (χ4n) is 3.05. The molecule has 0 bridgehead atoms. The van der Waals surface area contributed by atoms with Crippen LogP contribution < -0.4 is 15.4 Å². The number of anilines is 2. The lowest BCUT2D eigenvalue weighted by Crippen LogP contribution is -2.03. The van der Waals surface area contributed by atoms with Crippen LogP contribution in [0, 0.1) is 0 Å². The van der Waals surface area contributed by atoms with Crippen molar-refractivity contribution in [1.82, 2.24) is 4.98 Å². The fourth-order valence-corrected chi connectivity index (χ4v) is 3.05.